The summed E-state index contributed by atoms with van der Waals surface area (Å²) in [6, 6.07) is 22.7. The van der Waals surface area contributed by atoms with Crippen molar-refractivity contribution < 1.29 is 0 Å². The Morgan fingerprint density at radius 1 is 0.750 bits per heavy atom. The maximum Gasteiger partial charge on any atom is 0.0384 e. The van der Waals surface area contributed by atoms with Gasteiger partial charge in [-0.05, 0) is 59.5 Å². The number of rotatable bonds is 1. The third kappa shape index (κ3) is 2.14. The number of nitrogens with one attached hydrogen (secondary N) is 2. The highest BCUT2D eigenvalue weighted by Crippen LogP contribution is 2.46. The van der Waals surface area contributed by atoms with Crippen molar-refractivity contribution in [1.29, 1.82) is 0 Å². The molecule has 1 saturated heterocycles. The molecule has 0 aromatic heterocycles. The number of hydrogen-bond donors (Lipinski definition) is 2. The van der Waals surface area contributed by atoms with Crippen LogP contribution >= 0.6 is 0 Å². The molecule has 24 heavy (non-hydrogen) atoms. The van der Waals surface area contributed by atoms with Crippen molar-refractivity contribution >= 4 is 16.5 Å². The van der Waals surface area contributed by atoms with E-state index in [2.05, 4.69) is 71.3 Å². The van der Waals surface area contributed by atoms with Gasteiger partial charge in [-0.3, -0.25) is 0 Å². The van der Waals surface area contributed by atoms with Gasteiger partial charge < -0.3 is 10.6 Å². The topological polar surface area (TPSA) is 24.1 Å². The standard InChI is InChI=1S/C22H22N2/c1-2-7-16-15(5-1)6-3-8-17(16)18-9-4-10-21-22(18)19-11-13-23-14-12-20(19)24-21/h1-10,19-20,23-24H,11-14H2. The Kier molecular flexibility index (Phi) is 3.30. The van der Waals surface area contributed by atoms with Crippen molar-refractivity contribution in [1.82, 2.24) is 5.32 Å². The summed E-state index contributed by atoms with van der Waals surface area (Å²) in [5, 5.41) is 10.0. The van der Waals surface area contributed by atoms with Crippen LogP contribution in [0.25, 0.3) is 21.9 Å². The van der Waals surface area contributed by atoms with E-state index in [0.717, 1.165) is 13.1 Å². The fourth-order valence-corrected chi connectivity index (χ4v) is 4.55. The lowest BCUT2D eigenvalue weighted by Crippen LogP contribution is -2.21. The van der Waals surface area contributed by atoms with Gasteiger partial charge >= 0.3 is 0 Å². The van der Waals surface area contributed by atoms with Crippen LogP contribution in [-0.2, 0) is 0 Å². The third-order valence-corrected chi connectivity index (χ3v) is 5.65. The van der Waals surface area contributed by atoms with Gasteiger partial charge in [0, 0.05) is 17.6 Å². The maximum atomic E-state index is 3.79. The molecule has 0 saturated carbocycles. The Morgan fingerprint density at radius 2 is 1.54 bits per heavy atom. The third-order valence-electron chi connectivity index (χ3n) is 5.65. The largest absolute Gasteiger partial charge is 0.381 e. The summed E-state index contributed by atoms with van der Waals surface area (Å²) < 4.78 is 0. The first-order valence-corrected chi connectivity index (χ1v) is 9.00. The molecule has 5 rings (SSSR count). The normalized spacial score (nSPS) is 22.5. The molecular weight excluding hydrogens is 292 g/mol. The van der Waals surface area contributed by atoms with E-state index in [-0.39, 0.29) is 0 Å². The fourth-order valence-electron chi connectivity index (χ4n) is 4.55. The minimum absolute atomic E-state index is 0.575. The molecule has 2 N–H and O–H groups in total. The molecule has 0 amide bonds. The van der Waals surface area contributed by atoms with E-state index in [1.54, 1.807) is 0 Å². The minimum Gasteiger partial charge on any atom is -0.381 e. The molecule has 0 bridgehead atoms. The zero-order valence-electron chi connectivity index (χ0n) is 13.8. The molecular formula is C22H22N2. The van der Waals surface area contributed by atoms with E-state index in [0.29, 0.717) is 12.0 Å². The lowest BCUT2D eigenvalue weighted by Gasteiger charge is -2.19. The van der Waals surface area contributed by atoms with Crippen molar-refractivity contribution in [2.75, 3.05) is 18.4 Å². The lowest BCUT2D eigenvalue weighted by atomic mass is 9.85. The predicted molar refractivity (Wildman–Crippen MR) is 102 cm³/mol. The molecule has 2 nitrogen and oxygen atoms in total. The van der Waals surface area contributed by atoms with E-state index in [1.165, 1.54) is 46.0 Å². The molecule has 2 aliphatic rings. The van der Waals surface area contributed by atoms with E-state index in [9.17, 15) is 0 Å². The molecule has 0 aliphatic carbocycles. The first-order valence-electron chi connectivity index (χ1n) is 9.00. The average molecular weight is 314 g/mol. The average Bonchev–Trinajstić information content (AvgIpc) is 2.83. The highest BCUT2D eigenvalue weighted by molar-refractivity contribution is 5.98. The number of anilines is 1. The van der Waals surface area contributed by atoms with Crippen LogP contribution in [-0.4, -0.2) is 19.1 Å². The molecule has 3 aromatic carbocycles. The molecule has 0 spiro atoms. The SMILES string of the molecule is c1cc2c(c(-c3cccc4ccccc34)c1)C1CCNCCC1N2. The predicted octanol–water partition coefficient (Wildman–Crippen LogP) is 4.77. The van der Waals surface area contributed by atoms with Crippen LogP contribution in [0.1, 0.15) is 24.3 Å². The quantitative estimate of drug-likeness (QED) is 0.676. The van der Waals surface area contributed by atoms with E-state index in [4.69, 9.17) is 0 Å². The summed E-state index contributed by atoms with van der Waals surface area (Å²) in [7, 11) is 0. The Morgan fingerprint density at radius 3 is 2.54 bits per heavy atom. The molecule has 0 radical (unpaired) electrons. The molecule has 2 atom stereocenters. The van der Waals surface area contributed by atoms with Gasteiger partial charge in [-0.2, -0.15) is 0 Å². The van der Waals surface area contributed by atoms with Crippen LogP contribution < -0.4 is 10.6 Å². The lowest BCUT2D eigenvalue weighted by molar-refractivity contribution is 0.579. The summed E-state index contributed by atoms with van der Waals surface area (Å²) in [4.78, 5) is 0. The first kappa shape index (κ1) is 14.1. The van der Waals surface area contributed by atoms with E-state index < -0.39 is 0 Å². The van der Waals surface area contributed by atoms with Crippen molar-refractivity contribution in [2.24, 2.45) is 0 Å². The van der Waals surface area contributed by atoms with Gasteiger partial charge in [-0.1, -0.05) is 54.6 Å². The molecule has 1 fully saturated rings. The van der Waals surface area contributed by atoms with Crippen LogP contribution in [0.5, 0.6) is 0 Å². The van der Waals surface area contributed by atoms with Crippen LogP contribution in [0.3, 0.4) is 0 Å². The van der Waals surface area contributed by atoms with Crippen molar-refractivity contribution in [3.8, 4) is 11.1 Å². The van der Waals surface area contributed by atoms with Gasteiger partial charge in [0.15, 0.2) is 0 Å². The smallest absolute Gasteiger partial charge is 0.0384 e. The van der Waals surface area contributed by atoms with Crippen molar-refractivity contribution in [3.63, 3.8) is 0 Å². The molecule has 2 aliphatic heterocycles. The number of hydrogen-bond acceptors (Lipinski definition) is 2. The number of fused-ring (bicyclic) bond motifs is 4. The second-order valence-corrected chi connectivity index (χ2v) is 6.98. The van der Waals surface area contributed by atoms with Crippen molar-refractivity contribution in [2.45, 2.75) is 24.8 Å². The minimum atomic E-state index is 0.575. The molecule has 2 heteroatoms. The van der Waals surface area contributed by atoms with Gasteiger partial charge in [0.25, 0.3) is 0 Å². The summed E-state index contributed by atoms with van der Waals surface area (Å²) in [6.45, 7) is 2.23. The monoisotopic (exact) mass is 314 g/mol. The Labute approximate surface area is 142 Å². The Bertz CT molecular complexity index is 894. The van der Waals surface area contributed by atoms with E-state index in [1.807, 2.05) is 0 Å². The summed E-state index contributed by atoms with van der Waals surface area (Å²) >= 11 is 0. The highest BCUT2D eigenvalue weighted by Gasteiger charge is 2.34. The second-order valence-electron chi connectivity index (χ2n) is 6.98. The Hall–Kier alpha value is -2.32. The summed E-state index contributed by atoms with van der Waals surface area (Å²) in [6.07, 6.45) is 2.42. The van der Waals surface area contributed by atoms with Gasteiger partial charge in [0.1, 0.15) is 0 Å². The zero-order chi connectivity index (χ0) is 15.9. The van der Waals surface area contributed by atoms with Crippen molar-refractivity contribution in [3.05, 3.63) is 66.2 Å². The second kappa shape index (κ2) is 5.64. The summed E-state index contributed by atoms with van der Waals surface area (Å²) in [5.41, 5.74) is 5.65. The van der Waals surface area contributed by atoms with Gasteiger partial charge in [0.05, 0.1) is 0 Å². The van der Waals surface area contributed by atoms with Crippen LogP contribution in [0.4, 0.5) is 5.69 Å². The summed E-state index contributed by atoms with van der Waals surface area (Å²) in [5.74, 6) is 0.616. The molecule has 120 valence electrons. The Balaban J connectivity index is 1.72. The van der Waals surface area contributed by atoms with Gasteiger partial charge in [-0.25, -0.2) is 0 Å². The van der Waals surface area contributed by atoms with Crippen LogP contribution in [0, 0.1) is 0 Å². The van der Waals surface area contributed by atoms with Crippen LogP contribution in [0.15, 0.2) is 60.7 Å². The van der Waals surface area contributed by atoms with E-state index >= 15 is 0 Å². The first-order chi connectivity index (χ1) is 11.9. The van der Waals surface area contributed by atoms with Gasteiger partial charge in [0.2, 0.25) is 0 Å². The molecule has 2 unspecified atom stereocenters. The molecule has 2 heterocycles. The van der Waals surface area contributed by atoms with Crippen LogP contribution in [0.2, 0.25) is 0 Å². The zero-order valence-corrected chi connectivity index (χ0v) is 13.8. The molecule has 3 aromatic rings. The van der Waals surface area contributed by atoms with Gasteiger partial charge in [-0.15, -0.1) is 0 Å². The fraction of sp³-hybridized carbons (Fsp3) is 0.273. The number of benzene rings is 3. The maximum absolute atomic E-state index is 3.79. The highest BCUT2D eigenvalue weighted by atomic mass is 15.0.